The van der Waals surface area contributed by atoms with Gasteiger partial charge in [-0.25, -0.2) is 18.2 Å². The van der Waals surface area contributed by atoms with Crippen molar-refractivity contribution in [2.45, 2.75) is 51.0 Å². The second kappa shape index (κ2) is 15.1. The highest BCUT2D eigenvalue weighted by atomic mass is 35.5. The molecule has 0 spiro atoms. The third-order valence-corrected chi connectivity index (χ3v) is 9.55. The molecule has 4 rings (SSSR count). The van der Waals surface area contributed by atoms with Gasteiger partial charge in [-0.15, -0.1) is 4.91 Å². The fourth-order valence-electron chi connectivity index (χ4n) is 4.94. The lowest BCUT2D eigenvalue weighted by molar-refractivity contribution is -0.118. The Morgan fingerprint density at radius 3 is 2.24 bits per heavy atom. The van der Waals surface area contributed by atoms with Gasteiger partial charge in [-0.2, -0.15) is 4.98 Å². The monoisotopic (exact) mass is 657 g/mol. The van der Waals surface area contributed by atoms with Crippen LogP contribution in [0.15, 0.2) is 64.8 Å². The molecule has 1 aliphatic heterocycles. The van der Waals surface area contributed by atoms with Gasteiger partial charge in [0.2, 0.25) is 5.95 Å². The molecule has 1 fully saturated rings. The van der Waals surface area contributed by atoms with Crippen molar-refractivity contribution >= 4 is 51.1 Å². The number of halogens is 1. The highest BCUT2D eigenvalue weighted by Crippen LogP contribution is 2.32. The maximum atomic E-state index is 13.7. The van der Waals surface area contributed by atoms with Crippen LogP contribution in [-0.4, -0.2) is 74.1 Å². The maximum Gasteiger partial charge on any atom is 0.415 e. The smallest absolute Gasteiger partial charge is 0.410 e. The second-order valence-electron chi connectivity index (χ2n) is 10.2. The predicted molar refractivity (Wildman–Crippen MR) is 172 cm³/mol. The van der Waals surface area contributed by atoms with Crippen molar-refractivity contribution in [3.05, 3.63) is 70.2 Å². The Labute approximate surface area is 267 Å². The molecular weight excluding hydrogens is 622 g/mol. The molecule has 1 aliphatic rings. The summed E-state index contributed by atoms with van der Waals surface area (Å²) in [6.45, 7) is 7.97. The van der Waals surface area contributed by atoms with Crippen LogP contribution >= 0.6 is 11.6 Å². The number of hydrogen-bond donors (Lipinski definition) is 1. The first-order chi connectivity index (χ1) is 21.6. The molecule has 2 aromatic carbocycles. The number of nitrogens with one attached hydrogen (secondary N) is 1. The van der Waals surface area contributed by atoms with Crippen molar-refractivity contribution in [1.82, 2.24) is 14.9 Å². The van der Waals surface area contributed by atoms with Gasteiger partial charge in [0.05, 0.1) is 11.1 Å². The first kappa shape index (κ1) is 33.6. The molecule has 1 N–H and O–H groups in total. The minimum atomic E-state index is -4.10. The van der Waals surface area contributed by atoms with Crippen molar-refractivity contribution in [2.75, 3.05) is 47.2 Å². The molecule has 0 radical (unpaired) electrons. The molecular formula is C30H36ClN7O6S. The van der Waals surface area contributed by atoms with E-state index in [-0.39, 0.29) is 29.4 Å². The average Bonchev–Trinajstić information content (AvgIpc) is 3.59. The number of anilines is 3. The number of amides is 2. The van der Waals surface area contributed by atoms with E-state index >= 15 is 0 Å². The molecule has 0 aliphatic carbocycles. The topological polar surface area (TPSA) is 154 Å². The molecule has 0 saturated carbocycles. The van der Waals surface area contributed by atoms with E-state index < -0.39 is 28.1 Å². The third-order valence-electron chi connectivity index (χ3n) is 7.39. The minimum Gasteiger partial charge on any atom is -0.410 e. The Kier molecular flexibility index (Phi) is 11.3. The fourth-order valence-corrected chi connectivity index (χ4v) is 6.53. The van der Waals surface area contributed by atoms with Crippen molar-refractivity contribution in [2.24, 2.45) is 5.18 Å². The van der Waals surface area contributed by atoms with Crippen LogP contribution in [0.4, 0.5) is 22.2 Å². The van der Waals surface area contributed by atoms with Crippen LogP contribution in [0.3, 0.4) is 0 Å². The lowest BCUT2D eigenvalue weighted by Crippen LogP contribution is -2.35. The number of nitroso groups, excluding NO2 is 1. The number of likely N-dealkylation sites (tertiary alicyclic amines) is 1. The van der Waals surface area contributed by atoms with Gasteiger partial charge in [-0.3, -0.25) is 9.10 Å². The number of sulfonamides is 1. The van der Waals surface area contributed by atoms with Gasteiger partial charge in [0.1, 0.15) is 17.5 Å². The fraction of sp³-hybridized carbons (Fsp3) is 0.400. The molecule has 1 atom stereocenters. The number of benzene rings is 2. The Hall–Kier alpha value is -4.30. The van der Waals surface area contributed by atoms with Crippen LogP contribution in [-0.2, 0) is 21.2 Å². The molecule has 0 bridgehead atoms. The summed E-state index contributed by atoms with van der Waals surface area (Å²) in [6.07, 6.45) is 2.84. The van der Waals surface area contributed by atoms with Crippen molar-refractivity contribution in [1.29, 1.82) is 0 Å². The molecule has 1 saturated heterocycles. The summed E-state index contributed by atoms with van der Waals surface area (Å²) in [5, 5.41) is 6.01. The number of ether oxygens (including phenoxy) is 1. The summed E-state index contributed by atoms with van der Waals surface area (Å²) in [5.41, 5.74) is 0.711. The number of aromatic nitrogens is 2. The molecule has 3 aromatic rings. The maximum absolute atomic E-state index is 13.7. The van der Waals surface area contributed by atoms with Crippen LogP contribution in [0, 0.1) is 4.91 Å². The summed E-state index contributed by atoms with van der Waals surface area (Å²) in [6, 6.07) is 11.1. The molecule has 2 amide bonds. The molecule has 240 valence electrons. The van der Waals surface area contributed by atoms with Gasteiger partial charge in [0, 0.05) is 49.3 Å². The van der Waals surface area contributed by atoms with Gasteiger partial charge < -0.3 is 19.9 Å². The summed E-state index contributed by atoms with van der Waals surface area (Å²) in [5.74, 6) is -0.324. The molecule has 13 nitrogen and oxygen atoms in total. The van der Waals surface area contributed by atoms with Crippen LogP contribution in [0.2, 0.25) is 5.02 Å². The number of nitrogens with zero attached hydrogens (tertiary/aromatic N) is 6. The van der Waals surface area contributed by atoms with Gasteiger partial charge >= 0.3 is 12.0 Å². The van der Waals surface area contributed by atoms with Crippen LogP contribution in [0.5, 0.6) is 5.75 Å². The first-order valence-corrected chi connectivity index (χ1v) is 16.5. The summed E-state index contributed by atoms with van der Waals surface area (Å²) in [7, 11) is -4.10. The zero-order valence-corrected chi connectivity index (χ0v) is 26.9. The SMILES string of the molecule is CCN(CC)c1ncc(N(CC)S(=O)(=O)c2ccc(Cl)cc2)c(N[C@@H](Cc2ccc(OC(=O)N3CCCC3)cc2)C(=O)N=O)n1. The number of hydrogen-bond acceptors (Lipinski definition) is 10. The quantitative estimate of drug-likeness (QED) is 0.245. The van der Waals surface area contributed by atoms with E-state index in [9.17, 15) is 22.9 Å². The molecule has 45 heavy (non-hydrogen) atoms. The van der Waals surface area contributed by atoms with E-state index in [1.54, 1.807) is 36.1 Å². The normalized spacial score (nSPS) is 13.6. The number of rotatable bonds is 13. The van der Waals surface area contributed by atoms with E-state index in [0.29, 0.717) is 48.5 Å². The van der Waals surface area contributed by atoms with Crippen LogP contribution < -0.4 is 19.3 Å². The van der Waals surface area contributed by atoms with Gasteiger partial charge in [-0.1, -0.05) is 23.7 Å². The lowest BCUT2D eigenvalue weighted by Gasteiger charge is -2.27. The van der Waals surface area contributed by atoms with E-state index in [1.807, 2.05) is 18.7 Å². The van der Waals surface area contributed by atoms with Crippen LogP contribution in [0.1, 0.15) is 39.2 Å². The molecule has 15 heteroatoms. The van der Waals surface area contributed by atoms with Crippen molar-refractivity contribution < 1.29 is 22.7 Å². The van der Waals surface area contributed by atoms with E-state index in [2.05, 4.69) is 20.5 Å². The lowest BCUT2D eigenvalue weighted by atomic mass is 10.1. The summed E-state index contributed by atoms with van der Waals surface area (Å²) >= 11 is 5.98. The van der Waals surface area contributed by atoms with Gasteiger partial charge in [0.25, 0.3) is 10.0 Å². The predicted octanol–water partition coefficient (Wildman–Crippen LogP) is 5.10. The number of carbonyl (C=O) groups excluding carboxylic acids is 2. The minimum absolute atomic E-state index is 0.000209. The van der Waals surface area contributed by atoms with Gasteiger partial charge in [-0.05, 0) is 75.6 Å². The molecule has 0 unspecified atom stereocenters. The first-order valence-electron chi connectivity index (χ1n) is 14.7. The van der Waals surface area contributed by atoms with Crippen molar-refractivity contribution in [3.63, 3.8) is 0 Å². The van der Waals surface area contributed by atoms with E-state index in [4.69, 9.17) is 16.3 Å². The molecule has 2 heterocycles. The van der Waals surface area contributed by atoms with Gasteiger partial charge in [0.15, 0.2) is 5.82 Å². The Morgan fingerprint density at radius 2 is 1.67 bits per heavy atom. The zero-order valence-electron chi connectivity index (χ0n) is 25.3. The highest BCUT2D eigenvalue weighted by Gasteiger charge is 2.30. The summed E-state index contributed by atoms with van der Waals surface area (Å²) in [4.78, 5) is 49.2. The Bertz CT molecular complexity index is 1600. The van der Waals surface area contributed by atoms with Crippen molar-refractivity contribution in [3.8, 4) is 5.75 Å². The highest BCUT2D eigenvalue weighted by molar-refractivity contribution is 7.92. The second-order valence-corrected chi connectivity index (χ2v) is 12.5. The Balaban J connectivity index is 1.66. The number of carbonyl (C=O) groups is 2. The average molecular weight is 658 g/mol. The van der Waals surface area contributed by atoms with Crippen LogP contribution in [0.25, 0.3) is 0 Å². The standard InChI is InChI=1S/C30H36ClN7O6S/c1-4-36(5-2)29-32-20-26(38(6-3)45(42,43)24-15-11-22(31)12-16-24)27(34-29)33-25(28(39)35-41)19-21-9-13-23(14-10-21)44-30(40)37-17-7-8-18-37/h9-16,20,25H,4-8,17-19H2,1-3H3,(H,32,33,34)/t25-/m0/s1. The van der Waals surface area contributed by atoms with E-state index in [1.165, 1.54) is 30.5 Å². The zero-order chi connectivity index (χ0) is 32.6. The molecule has 1 aromatic heterocycles. The summed E-state index contributed by atoms with van der Waals surface area (Å²) < 4.78 is 34.0. The Morgan fingerprint density at radius 1 is 1.02 bits per heavy atom. The van der Waals surface area contributed by atoms with E-state index in [0.717, 1.165) is 17.1 Å². The largest absolute Gasteiger partial charge is 0.415 e. The third kappa shape index (κ3) is 8.05.